The highest BCUT2D eigenvalue weighted by Crippen LogP contribution is 2.53. The number of benzene rings is 4. The van der Waals surface area contributed by atoms with Crippen molar-refractivity contribution in [1.82, 2.24) is 5.32 Å². The number of carboxylic acid groups (broad SMARTS) is 1. The Morgan fingerprint density at radius 2 is 1.33 bits per heavy atom. The van der Waals surface area contributed by atoms with Gasteiger partial charge in [0, 0.05) is 11.6 Å². The number of aliphatic carboxylic acids is 1. The molecule has 2 heterocycles. The summed E-state index contributed by atoms with van der Waals surface area (Å²) in [6.07, 6.45) is 3.98. The number of anilines is 1. The smallest absolute Gasteiger partial charge is 0.329 e. The summed E-state index contributed by atoms with van der Waals surface area (Å²) in [5.41, 5.74) is 2.01. The van der Waals surface area contributed by atoms with Crippen molar-refractivity contribution in [3.05, 3.63) is 137 Å². The van der Waals surface area contributed by atoms with Gasteiger partial charge in [-0.25, -0.2) is 9.69 Å². The molecule has 208 valence electrons. The highest BCUT2D eigenvalue weighted by molar-refractivity contribution is 6.24. The highest BCUT2D eigenvalue weighted by Gasteiger charge is 2.69. The molecule has 2 aliphatic heterocycles. The molecule has 0 bridgehead atoms. The largest absolute Gasteiger partial charge is 0.480 e. The lowest BCUT2D eigenvalue weighted by molar-refractivity contribution is -0.149. The lowest BCUT2D eigenvalue weighted by atomic mass is 9.75. The summed E-state index contributed by atoms with van der Waals surface area (Å²) in [5.74, 6) is -4.61. The molecule has 4 aromatic carbocycles. The third-order valence-corrected chi connectivity index (χ3v) is 8.22. The van der Waals surface area contributed by atoms with E-state index in [9.17, 15) is 24.3 Å². The zero-order valence-electron chi connectivity index (χ0n) is 22.8. The van der Waals surface area contributed by atoms with Crippen molar-refractivity contribution in [1.29, 1.82) is 0 Å². The Bertz CT molecular complexity index is 1700. The van der Waals surface area contributed by atoms with Crippen molar-refractivity contribution in [3.8, 4) is 0 Å². The van der Waals surface area contributed by atoms with Gasteiger partial charge in [-0.3, -0.25) is 19.7 Å². The van der Waals surface area contributed by atoms with Crippen molar-refractivity contribution >= 4 is 41.4 Å². The van der Waals surface area contributed by atoms with Gasteiger partial charge in [-0.05, 0) is 53.4 Å². The Hall–Kier alpha value is -5.14. The van der Waals surface area contributed by atoms with E-state index in [0.29, 0.717) is 22.4 Å². The number of carbonyl (C=O) groups excluding carboxylic acids is 3. The second-order valence-electron chi connectivity index (χ2n) is 10.6. The number of carboxylic acids is 1. The molecule has 4 atom stereocenters. The summed E-state index contributed by atoms with van der Waals surface area (Å²) in [5, 5.41) is 14.0. The monoisotopic (exact) mass is 556 g/mol. The molecular formula is C35H28N2O5. The summed E-state index contributed by atoms with van der Waals surface area (Å²) in [6, 6.07) is 31.5. The molecule has 0 aliphatic carbocycles. The van der Waals surface area contributed by atoms with Crippen molar-refractivity contribution in [2.75, 3.05) is 4.90 Å². The lowest BCUT2D eigenvalue weighted by Gasteiger charge is -2.31. The minimum Gasteiger partial charge on any atom is -0.480 e. The average molecular weight is 557 g/mol. The fraction of sp³-hybridized carbons (Fsp3) is 0.143. The molecule has 4 unspecified atom stereocenters. The predicted octanol–water partition coefficient (Wildman–Crippen LogP) is 5.49. The maximum Gasteiger partial charge on any atom is 0.329 e. The second-order valence-corrected chi connectivity index (χ2v) is 10.6. The summed E-state index contributed by atoms with van der Waals surface area (Å²) < 4.78 is 0. The van der Waals surface area contributed by atoms with Crippen molar-refractivity contribution in [2.45, 2.75) is 18.5 Å². The van der Waals surface area contributed by atoms with Gasteiger partial charge in [0.25, 0.3) is 0 Å². The zero-order valence-corrected chi connectivity index (χ0v) is 22.8. The van der Waals surface area contributed by atoms with Crippen LogP contribution in [0.2, 0.25) is 0 Å². The van der Waals surface area contributed by atoms with E-state index in [1.807, 2.05) is 66.7 Å². The fourth-order valence-corrected chi connectivity index (χ4v) is 6.15. The Kier molecular flexibility index (Phi) is 6.88. The Labute approximate surface area is 243 Å². The number of rotatable bonds is 7. The number of hydrogen-bond donors (Lipinski definition) is 2. The molecule has 2 fully saturated rings. The zero-order chi connectivity index (χ0) is 29.4. The quantitative estimate of drug-likeness (QED) is 0.177. The van der Waals surface area contributed by atoms with Crippen LogP contribution in [0.3, 0.4) is 0 Å². The van der Waals surface area contributed by atoms with Gasteiger partial charge in [-0.15, -0.1) is 0 Å². The summed E-state index contributed by atoms with van der Waals surface area (Å²) >= 11 is 0. The van der Waals surface area contributed by atoms with E-state index in [2.05, 4.69) is 5.32 Å². The number of Topliss-reactive ketones (excluding diaryl/α,β-unsaturated/α-hetero) is 1. The van der Waals surface area contributed by atoms with Gasteiger partial charge >= 0.3 is 5.97 Å². The number of imide groups is 1. The number of fused-ring (bicyclic) bond motifs is 1. The molecule has 0 aromatic heterocycles. The van der Waals surface area contributed by atoms with Crippen LogP contribution in [0.15, 0.2) is 109 Å². The Morgan fingerprint density at radius 1 is 0.762 bits per heavy atom. The molecule has 4 aromatic rings. The molecule has 2 amide bonds. The molecule has 7 nitrogen and oxygen atoms in total. The first kappa shape index (κ1) is 27.1. The minimum absolute atomic E-state index is 0.141. The molecule has 2 aliphatic rings. The maximum absolute atomic E-state index is 14.1. The number of ketones is 1. The van der Waals surface area contributed by atoms with Gasteiger partial charge in [-0.1, -0.05) is 97.1 Å². The normalized spacial score (nSPS) is 23.4. The molecule has 2 saturated heterocycles. The third kappa shape index (κ3) is 4.44. The van der Waals surface area contributed by atoms with Gasteiger partial charge in [0.1, 0.15) is 0 Å². The Balaban J connectivity index is 1.42. The standard InChI is InChI=1S/C35H28N2O5/c1-22(38)25-18-20-28(21-19-25)37-32(39)29-30(33(37)40)35(34(41)42,27-10-6-3-7-11-27)36-31(29)26-16-14-24(15-17-26)13-12-23-8-4-2-5-9-23/h2-21,29-31,36H,1H3,(H,41,42)/b13-12+. The molecular weight excluding hydrogens is 528 g/mol. The van der Waals surface area contributed by atoms with E-state index >= 15 is 0 Å². The first-order chi connectivity index (χ1) is 20.3. The van der Waals surface area contributed by atoms with Gasteiger partial charge < -0.3 is 5.11 Å². The van der Waals surface area contributed by atoms with Crippen LogP contribution < -0.4 is 10.2 Å². The number of hydrogen-bond acceptors (Lipinski definition) is 5. The fourth-order valence-electron chi connectivity index (χ4n) is 6.15. The van der Waals surface area contributed by atoms with E-state index in [1.54, 1.807) is 54.6 Å². The molecule has 2 N–H and O–H groups in total. The number of nitrogens with zero attached hydrogens (tertiary/aromatic N) is 1. The van der Waals surface area contributed by atoms with Gasteiger partial charge in [-0.2, -0.15) is 0 Å². The lowest BCUT2D eigenvalue weighted by Crippen LogP contribution is -2.53. The van der Waals surface area contributed by atoms with Crippen LogP contribution in [0.5, 0.6) is 0 Å². The third-order valence-electron chi connectivity index (χ3n) is 8.22. The van der Waals surface area contributed by atoms with Gasteiger partial charge in [0.2, 0.25) is 11.8 Å². The molecule has 0 radical (unpaired) electrons. The van der Waals surface area contributed by atoms with E-state index in [0.717, 1.165) is 16.0 Å². The van der Waals surface area contributed by atoms with E-state index in [4.69, 9.17) is 0 Å². The predicted molar refractivity (Wildman–Crippen MR) is 159 cm³/mol. The first-order valence-corrected chi connectivity index (χ1v) is 13.7. The molecule has 0 spiro atoms. The second kappa shape index (κ2) is 10.7. The number of amides is 2. The van der Waals surface area contributed by atoms with E-state index in [-0.39, 0.29) is 5.78 Å². The summed E-state index contributed by atoms with van der Waals surface area (Å²) in [6.45, 7) is 1.44. The van der Waals surface area contributed by atoms with Crippen molar-refractivity contribution in [3.63, 3.8) is 0 Å². The maximum atomic E-state index is 14.1. The molecule has 42 heavy (non-hydrogen) atoms. The number of carbonyl (C=O) groups is 4. The first-order valence-electron chi connectivity index (χ1n) is 13.7. The van der Waals surface area contributed by atoms with E-state index < -0.39 is 41.2 Å². The van der Waals surface area contributed by atoms with Crippen molar-refractivity contribution in [2.24, 2.45) is 11.8 Å². The molecule has 6 rings (SSSR count). The SMILES string of the molecule is CC(=O)c1ccc(N2C(=O)C3C(c4ccc(/C=C/c5ccccc5)cc4)NC(C(=O)O)(c4ccccc4)C3C2=O)cc1. The molecule has 7 heteroatoms. The highest BCUT2D eigenvalue weighted by atomic mass is 16.4. The van der Waals surface area contributed by atoms with Crippen LogP contribution in [0.4, 0.5) is 5.69 Å². The van der Waals surface area contributed by atoms with Crippen molar-refractivity contribution < 1.29 is 24.3 Å². The summed E-state index contributed by atoms with van der Waals surface area (Å²) in [4.78, 5) is 54.2. The van der Waals surface area contributed by atoms with Crippen LogP contribution in [-0.4, -0.2) is 28.7 Å². The molecule has 0 saturated carbocycles. The Morgan fingerprint density at radius 3 is 1.90 bits per heavy atom. The van der Waals surface area contributed by atoms with Gasteiger partial charge in [0.15, 0.2) is 11.3 Å². The minimum atomic E-state index is -1.83. The van der Waals surface area contributed by atoms with Crippen LogP contribution in [-0.2, 0) is 19.9 Å². The topological polar surface area (TPSA) is 104 Å². The van der Waals surface area contributed by atoms with Crippen LogP contribution in [0.25, 0.3) is 12.2 Å². The van der Waals surface area contributed by atoms with Crippen LogP contribution in [0.1, 0.15) is 45.6 Å². The van der Waals surface area contributed by atoms with Crippen LogP contribution in [0, 0.1) is 11.8 Å². The van der Waals surface area contributed by atoms with Crippen LogP contribution >= 0.6 is 0 Å². The van der Waals surface area contributed by atoms with Gasteiger partial charge in [0.05, 0.1) is 17.5 Å². The average Bonchev–Trinajstić information content (AvgIpc) is 3.51. The summed E-state index contributed by atoms with van der Waals surface area (Å²) in [7, 11) is 0. The van der Waals surface area contributed by atoms with E-state index in [1.165, 1.54) is 6.92 Å². The number of nitrogens with one attached hydrogen (secondary N) is 1.